The molecule has 2 aliphatic heterocycles. The molecule has 5 N–H and O–H groups in total. The Bertz CT molecular complexity index is 2460. The predicted octanol–water partition coefficient (Wildman–Crippen LogP) is 9.53. The van der Waals surface area contributed by atoms with E-state index in [9.17, 15) is 18.0 Å². The number of halogens is 3. The first kappa shape index (κ1) is 40.9. The number of H-pyrrole nitrogens is 2. The fraction of sp³-hybridized carbons (Fsp3) is 0.261. The number of amides is 1. The summed E-state index contributed by atoms with van der Waals surface area (Å²) in [4.78, 5) is 32.8. The second-order valence-electron chi connectivity index (χ2n) is 14.8. The number of pyridine rings is 1. The molecular weight excluding hydrogens is 756 g/mol. The van der Waals surface area contributed by atoms with Crippen LogP contribution in [-0.2, 0) is 11.3 Å². The number of carbonyl (C=O) groups excluding carboxylic acids is 1. The molecule has 2 saturated heterocycles. The zero-order valence-electron chi connectivity index (χ0n) is 32.4. The van der Waals surface area contributed by atoms with Crippen LogP contribution in [0, 0.1) is 0 Å². The maximum atomic E-state index is 13.5. The van der Waals surface area contributed by atoms with Gasteiger partial charge in [-0.2, -0.15) is 18.3 Å². The zero-order valence-corrected chi connectivity index (χ0v) is 32.4. The Morgan fingerprint density at radius 2 is 1.53 bits per heavy atom. The number of carbonyl (C=O) groups is 2. The minimum atomic E-state index is -5.08. The highest BCUT2D eigenvalue weighted by atomic mass is 19.4. The van der Waals surface area contributed by atoms with Crippen molar-refractivity contribution < 1.29 is 27.9 Å². The van der Waals surface area contributed by atoms with Crippen LogP contribution in [-0.4, -0.2) is 74.4 Å². The Labute approximate surface area is 339 Å². The first-order chi connectivity index (χ1) is 28.6. The third-order valence-corrected chi connectivity index (χ3v) is 10.7. The molecule has 13 heteroatoms. The summed E-state index contributed by atoms with van der Waals surface area (Å²) in [5.41, 5.74) is 8.91. The van der Waals surface area contributed by atoms with Crippen LogP contribution in [0.1, 0.15) is 64.8 Å². The van der Waals surface area contributed by atoms with Crippen molar-refractivity contribution in [3.8, 4) is 11.1 Å². The lowest BCUT2D eigenvalue weighted by Crippen LogP contribution is -2.34. The van der Waals surface area contributed by atoms with E-state index < -0.39 is 12.1 Å². The summed E-state index contributed by atoms with van der Waals surface area (Å²) in [7, 11) is 0. The monoisotopic (exact) mass is 801 g/mol. The van der Waals surface area contributed by atoms with Gasteiger partial charge in [-0.15, -0.1) is 0 Å². The van der Waals surface area contributed by atoms with Gasteiger partial charge in [0.1, 0.15) is 5.69 Å². The number of rotatable bonds is 7. The average molecular weight is 802 g/mol. The first-order valence-corrected chi connectivity index (χ1v) is 19.8. The molecule has 10 nitrogen and oxygen atoms in total. The normalized spacial score (nSPS) is 17.0. The molecule has 3 aromatic heterocycles. The number of carboxylic acid groups (broad SMARTS) is 1. The molecule has 59 heavy (non-hydrogen) atoms. The van der Waals surface area contributed by atoms with Crippen LogP contribution in [0.4, 0.5) is 18.9 Å². The second kappa shape index (κ2) is 19.0. The summed E-state index contributed by atoms with van der Waals surface area (Å²) in [6, 6.07) is 39.6. The van der Waals surface area contributed by atoms with Crippen LogP contribution < -0.4 is 10.6 Å². The lowest BCUT2D eigenvalue weighted by Gasteiger charge is -2.32. The van der Waals surface area contributed by atoms with Gasteiger partial charge in [0, 0.05) is 42.1 Å². The van der Waals surface area contributed by atoms with Crippen LogP contribution >= 0.6 is 0 Å². The number of nitrogens with one attached hydrogen (secondary N) is 4. The van der Waals surface area contributed by atoms with Crippen molar-refractivity contribution in [2.45, 2.75) is 50.2 Å². The molecule has 2 unspecified atom stereocenters. The number of hydrogen-bond donors (Lipinski definition) is 5. The first-order valence-electron chi connectivity index (χ1n) is 19.8. The van der Waals surface area contributed by atoms with Crippen molar-refractivity contribution in [1.82, 2.24) is 30.4 Å². The Morgan fingerprint density at radius 1 is 0.814 bits per heavy atom. The molecule has 7 aromatic rings. The van der Waals surface area contributed by atoms with Crippen molar-refractivity contribution >= 4 is 39.4 Å². The van der Waals surface area contributed by atoms with Gasteiger partial charge in [-0.05, 0) is 109 Å². The number of nitrogens with zero attached hydrogens (tertiary/aromatic N) is 3. The number of benzene rings is 4. The van der Waals surface area contributed by atoms with Crippen molar-refractivity contribution in [1.29, 1.82) is 0 Å². The molecular formula is C46H46F3N7O3. The molecule has 1 amide bonds. The highest BCUT2D eigenvalue weighted by molar-refractivity contribution is 6.09. The standard InChI is InChI=1S/C33H30N6O.C11H15N.C2HF3O2/c40-33(30-13-4-10-25(36-30)21-39-16-6-9-23(20-39)22-7-2-1-3-8-22)37-31-17-24(18-32-28(31)19-35-38-32)26-11-5-12-29-27(26)14-15-34-29;1-2-5-10(6-3-1)11-7-4-8-12-9-11;3-2(4,5)1(6)7/h1-5,7-8,10-15,17-19,23,34H,6,9,16,20-21H2,(H,35,38)(H,37,40);1-3,5-6,11-12H,4,7-9H2;(H,6,7). The molecule has 4 aromatic carbocycles. The topological polar surface area (TPSA) is 139 Å². The molecule has 304 valence electrons. The van der Waals surface area contributed by atoms with Gasteiger partial charge in [-0.3, -0.25) is 14.8 Å². The number of likely N-dealkylation sites (tertiary alicyclic amines) is 1. The van der Waals surface area contributed by atoms with Crippen LogP contribution in [0.25, 0.3) is 32.9 Å². The van der Waals surface area contributed by atoms with Crippen molar-refractivity contribution in [3.63, 3.8) is 0 Å². The summed E-state index contributed by atoms with van der Waals surface area (Å²) < 4.78 is 31.7. The van der Waals surface area contributed by atoms with Crippen LogP contribution in [0.3, 0.4) is 0 Å². The number of fused-ring (bicyclic) bond motifs is 2. The zero-order chi connectivity index (χ0) is 41.2. The maximum Gasteiger partial charge on any atom is 0.490 e. The highest BCUT2D eigenvalue weighted by Crippen LogP contribution is 2.34. The van der Waals surface area contributed by atoms with Gasteiger partial charge in [0.05, 0.1) is 23.1 Å². The summed E-state index contributed by atoms with van der Waals surface area (Å²) in [5.74, 6) is -1.71. The molecule has 0 saturated carbocycles. The summed E-state index contributed by atoms with van der Waals surface area (Å²) >= 11 is 0. The summed E-state index contributed by atoms with van der Waals surface area (Å²) in [5, 5.41) is 23.0. The minimum Gasteiger partial charge on any atom is -0.475 e. The third kappa shape index (κ3) is 10.6. The number of aromatic amines is 2. The van der Waals surface area contributed by atoms with E-state index in [2.05, 4.69) is 116 Å². The molecule has 0 bridgehead atoms. The number of carboxylic acids is 1. The van der Waals surface area contributed by atoms with Gasteiger partial charge in [0.25, 0.3) is 5.91 Å². The van der Waals surface area contributed by atoms with E-state index in [1.807, 2.05) is 30.5 Å². The number of piperidine rings is 2. The van der Waals surface area contributed by atoms with E-state index in [0.29, 0.717) is 17.3 Å². The summed E-state index contributed by atoms with van der Waals surface area (Å²) in [6.07, 6.45) is 3.63. The third-order valence-electron chi connectivity index (χ3n) is 10.7. The molecule has 9 rings (SSSR count). The van der Waals surface area contributed by atoms with E-state index in [1.54, 1.807) is 12.3 Å². The molecule has 0 spiro atoms. The van der Waals surface area contributed by atoms with E-state index in [4.69, 9.17) is 14.9 Å². The SMILES string of the molecule is O=C(Nc1cc(-c2cccc3[nH]ccc23)cc2[nH]ncc12)c1cccc(CN2CCCC(c3ccccc3)C2)n1.O=C(O)C(F)(F)F.c1ccc(C2CCCNC2)cc1. The number of hydrogen-bond acceptors (Lipinski definition) is 6. The quantitative estimate of drug-likeness (QED) is 0.108. The van der Waals surface area contributed by atoms with E-state index in [0.717, 1.165) is 77.1 Å². The fourth-order valence-corrected chi connectivity index (χ4v) is 7.81. The van der Waals surface area contributed by atoms with Gasteiger partial charge in [-0.1, -0.05) is 78.9 Å². The Hall–Kier alpha value is -6.31. The predicted molar refractivity (Wildman–Crippen MR) is 224 cm³/mol. The van der Waals surface area contributed by atoms with Gasteiger partial charge in [0.15, 0.2) is 0 Å². The molecule has 2 fully saturated rings. The van der Waals surface area contributed by atoms with Gasteiger partial charge < -0.3 is 20.7 Å². The second-order valence-corrected chi connectivity index (χ2v) is 14.8. The van der Waals surface area contributed by atoms with E-state index in [-0.39, 0.29) is 5.91 Å². The van der Waals surface area contributed by atoms with Gasteiger partial charge in [-0.25, -0.2) is 9.78 Å². The van der Waals surface area contributed by atoms with Gasteiger partial charge in [0.2, 0.25) is 0 Å². The van der Waals surface area contributed by atoms with Crippen molar-refractivity contribution in [3.05, 3.63) is 150 Å². The van der Waals surface area contributed by atoms with Crippen LogP contribution in [0.5, 0.6) is 0 Å². The molecule has 2 aliphatic rings. The maximum absolute atomic E-state index is 13.5. The fourth-order valence-electron chi connectivity index (χ4n) is 7.81. The Morgan fingerprint density at radius 3 is 2.24 bits per heavy atom. The lowest BCUT2D eigenvalue weighted by atomic mass is 9.90. The smallest absolute Gasteiger partial charge is 0.475 e. The molecule has 0 radical (unpaired) electrons. The van der Waals surface area contributed by atoms with Crippen LogP contribution in [0.15, 0.2) is 128 Å². The van der Waals surface area contributed by atoms with E-state index >= 15 is 0 Å². The number of aromatic nitrogens is 4. The lowest BCUT2D eigenvalue weighted by molar-refractivity contribution is -0.192. The van der Waals surface area contributed by atoms with Crippen molar-refractivity contribution in [2.75, 3.05) is 31.5 Å². The largest absolute Gasteiger partial charge is 0.490 e. The summed E-state index contributed by atoms with van der Waals surface area (Å²) in [6.45, 7) is 5.13. The van der Waals surface area contributed by atoms with Crippen LogP contribution in [0.2, 0.25) is 0 Å². The molecule has 2 atom stereocenters. The Kier molecular flexibility index (Phi) is 13.1. The highest BCUT2D eigenvalue weighted by Gasteiger charge is 2.38. The number of anilines is 1. The molecule has 5 heterocycles. The average Bonchev–Trinajstić information content (AvgIpc) is 3.96. The number of aliphatic carboxylic acids is 1. The molecule has 0 aliphatic carbocycles. The van der Waals surface area contributed by atoms with E-state index in [1.165, 1.54) is 36.9 Å². The van der Waals surface area contributed by atoms with Crippen molar-refractivity contribution in [2.24, 2.45) is 0 Å². The van der Waals surface area contributed by atoms with Gasteiger partial charge >= 0.3 is 12.1 Å². The minimum absolute atomic E-state index is 0.234. The number of alkyl halides is 3. The Balaban J connectivity index is 0.000000229.